The van der Waals surface area contributed by atoms with Crippen molar-refractivity contribution in [2.45, 2.75) is 0 Å². The fourth-order valence-corrected chi connectivity index (χ4v) is 0. The van der Waals surface area contributed by atoms with Gasteiger partial charge in [0.2, 0.25) is 0 Å². The van der Waals surface area contributed by atoms with Crippen LogP contribution in [0.5, 0.6) is 0 Å². The average molecular weight is 203 g/mol. The summed E-state index contributed by atoms with van der Waals surface area (Å²) in [6.45, 7) is 0. The van der Waals surface area contributed by atoms with Crippen LogP contribution in [-0.4, -0.2) is 7.32 Å². The maximum absolute atomic E-state index is 8.42. The Kier molecular flexibility index (Phi) is 25.4. The van der Waals surface area contributed by atoms with E-state index in [1.807, 2.05) is 0 Å². The maximum atomic E-state index is 8.42. The predicted octanol–water partition coefficient (Wildman–Crippen LogP) is -3.95. The molecular weight excluding hydrogens is 203 g/mol. The molecule has 0 heterocycles. The van der Waals surface area contributed by atoms with E-state index < -0.39 is 7.32 Å². The summed E-state index contributed by atoms with van der Waals surface area (Å²) in [5.74, 6) is 0. The molecule has 6 heavy (non-hydrogen) atoms. The first-order chi connectivity index (χ1) is 1.73. The van der Waals surface area contributed by atoms with E-state index in [2.05, 4.69) is 0 Å². The molecular formula is BMnO3Y+2. The van der Waals surface area contributed by atoms with Crippen LogP contribution in [0.1, 0.15) is 0 Å². The zero-order valence-corrected chi connectivity index (χ0v) is 6.78. The van der Waals surface area contributed by atoms with Crippen molar-refractivity contribution in [2.75, 3.05) is 0 Å². The van der Waals surface area contributed by atoms with Gasteiger partial charge in [0.05, 0.1) is 0 Å². The van der Waals surface area contributed by atoms with E-state index in [0.717, 1.165) is 0 Å². The van der Waals surface area contributed by atoms with E-state index in [0.29, 0.717) is 0 Å². The molecule has 0 aromatic rings. The van der Waals surface area contributed by atoms with Crippen molar-refractivity contribution in [1.29, 1.82) is 0 Å². The normalized spacial score (nSPS) is 4.50. The van der Waals surface area contributed by atoms with Crippen LogP contribution in [0.15, 0.2) is 0 Å². The van der Waals surface area contributed by atoms with Crippen LogP contribution in [0, 0.1) is 0 Å². The molecule has 0 atom stereocenters. The Balaban J connectivity index is -0.0000000450. The monoisotopic (exact) mass is 203 g/mol. The first kappa shape index (κ1) is 15.6. The summed E-state index contributed by atoms with van der Waals surface area (Å²) in [5.41, 5.74) is 0. The summed E-state index contributed by atoms with van der Waals surface area (Å²) >= 11 is 0. The zero-order chi connectivity index (χ0) is 3.58. The van der Waals surface area contributed by atoms with E-state index in [-0.39, 0.29) is 49.8 Å². The summed E-state index contributed by atoms with van der Waals surface area (Å²) in [5, 5.41) is 25.2. The summed E-state index contributed by atoms with van der Waals surface area (Å²) in [7, 11) is -2.92. The van der Waals surface area contributed by atoms with Gasteiger partial charge in [-0.15, -0.1) is 0 Å². The quantitative estimate of drug-likeness (QED) is 0.377. The predicted molar refractivity (Wildman–Crippen MR) is 5.75 cm³/mol. The van der Waals surface area contributed by atoms with Crippen LogP contribution in [-0.2, 0) is 49.8 Å². The second kappa shape index (κ2) is 9.76. The Bertz CT molecular complexity index is 15.5. The smallest absolute Gasteiger partial charge is 0.907 e. The van der Waals surface area contributed by atoms with E-state index >= 15 is 0 Å². The molecule has 0 aliphatic carbocycles. The van der Waals surface area contributed by atoms with Crippen molar-refractivity contribution in [3.05, 3.63) is 0 Å². The molecule has 0 unspecified atom stereocenters. The van der Waals surface area contributed by atoms with Gasteiger partial charge in [-0.25, -0.2) is 0 Å². The fourth-order valence-electron chi connectivity index (χ4n) is 0. The Hall–Kier alpha value is 1.57. The standard InChI is InChI=1S/BO3.Mn.Y/c2-1(3)4;;/q-3;+2;+3. The van der Waals surface area contributed by atoms with Gasteiger partial charge in [0.15, 0.2) is 0 Å². The Morgan fingerprint density at radius 1 is 1.00 bits per heavy atom. The van der Waals surface area contributed by atoms with Gasteiger partial charge in [-0.1, -0.05) is 0 Å². The van der Waals surface area contributed by atoms with Crippen LogP contribution in [0.2, 0.25) is 0 Å². The third-order valence-corrected chi connectivity index (χ3v) is 0. The molecule has 0 aliphatic heterocycles. The molecule has 0 saturated carbocycles. The van der Waals surface area contributed by atoms with Gasteiger partial charge in [-0.05, 0) is 0 Å². The van der Waals surface area contributed by atoms with Gasteiger partial charge in [-0.2, -0.15) is 0 Å². The summed E-state index contributed by atoms with van der Waals surface area (Å²) in [6, 6.07) is 0. The van der Waals surface area contributed by atoms with Crippen molar-refractivity contribution in [3.8, 4) is 0 Å². The average Bonchev–Trinajstić information content (AvgIpc) is 0.811. The number of hydrogen-bond donors (Lipinski definition) is 0. The molecule has 0 rings (SSSR count). The minimum atomic E-state index is -2.92. The van der Waals surface area contributed by atoms with Crippen LogP contribution >= 0.6 is 0 Å². The molecule has 0 aromatic heterocycles. The first-order valence-electron chi connectivity index (χ1n) is 0.707. The molecule has 0 amide bonds. The van der Waals surface area contributed by atoms with Crippen molar-refractivity contribution in [2.24, 2.45) is 0 Å². The molecule has 6 heteroatoms. The fraction of sp³-hybridized carbons (Fsp3) is 0. The summed E-state index contributed by atoms with van der Waals surface area (Å²) in [6.07, 6.45) is 0. The van der Waals surface area contributed by atoms with Crippen LogP contribution in [0.3, 0.4) is 0 Å². The minimum Gasteiger partial charge on any atom is -0.907 e. The largest absolute Gasteiger partial charge is 3.00 e. The third-order valence-electron chi connectivity index (χ3n) is 0. The molecule has 0 bridgehead atoms. The molecule has 1 radical (unpaired) electrons. The summed E-state index contributed by atoms with van der Waals surface area (Å²) in [4.78, 5) is 0. The molecule has 0 fully saturated rings. The van der Waals surface area contributed by atoms with Gasteiger partial charge in [0, 0.05) is 0 Å². The first-order valence-corrected chi connectivity index (χ1v) is 0.707. The van der Waals surface area contributed by atoms with Gasteiger partial charge in [-0.3, -0.25) is 7.32 Å². The van der Waals surface area contributed by atoms with Crippen molar-refractivity contribution in [3.63, 3.8) is 0 Å². The Labute approximate surface area is 71.7 Å². The van der Waals surface area contributed by atoms with Crippen molar-refractivity contribution >= 4 is 7.32 Å². The molecule has 0 aromatic carbocycles. The van der Waals surface area contributed by atoms with Gasteiger partial charge >= 0.3 is 49.8 Å². The zero-order valence-electron chi connectivity index (χ0n) is 2.76. The SMILES string of the molecule is [Mn+2].[O-]B([O-])[O-].[Y+3]. The van der Waals surface area contributed by atoms with Crippen LogP contribution in [0.4, 0.5) is 0 Å². The number of hydrogen-bond acceptors (Lipinski definition) is 3. The molecule has 0 aliphatic rings. The van der Waals surface area contributed by atoms with E-state index in [4.69, 9.17) is 15.1 Å². The number of rotatable bonds is 0. The Morgan fingerprint density at radius 3 is 1.00 bits per heavy atom. The molecule has 29 valence electrons. The topological polar surface area (TPSA) is 69.2 Å². The third kappa shape index (κ3) is 47.2. The second-order valence-corrected chi connectivity index (χ2v) is 0.289. The molecule has 0 spiro atoms. The second-order valence-electron chi connectivity index (χ2n) is 0.289. The molecule has 3 nitrogen and oxygen atoms in total. The van der Waals surface area contributed by atoms with Gasteiger partial charge < -0.3 is 15.1 Å². The van der Waals surface area contributed by atoms with Crippen molar-refractivity contribution in [1.82, 2.24) is 0 Å². The maximum Gasteiger partial charge on any atom is 3.00 e. The van der Waals surface area contributed by atoms with E-state index in [1.54, 1.807) is 0 Å². The van der Waals surface area contributed by atoms with Crippen molar-refractivity contribution < 1.29 is 64.8 Å². The van der Waals surface area contributed by atoms with E-state index in [1.165, 1.54) is 0 Å². The van der Waals surface area contributed by atoms with E-state index in [9.17, 15) is 0 Å². The molecule has 0 saturated heterocycles. The van der Waals surface area contributed by atoms with Crippen LogP contribution < -0.4 is 15.1 Å². The van der Waals surface area contributed by atoms with Gasteiger partial charge in [0.1, 0.15) is 0 Å². The van der Waals surface area contributed by atoms with Gasteiger partial charge in [0.25, 0.3) is 0 Å². The molecule has 0 N–H and O–H groups in total. The summed E-state index contributed by atoms with van der Waals surface area (Å²) < 4.78 is 0. The minimum absolute atomic E-state index is 0. The van der Waals surface area contributed by atoms with Crippen LogP contribution in [0.25, 0.3) is 0 Å². The Morgan fingerprint density at radius 2 is 1.00 bits per heavy atom.